The predicted octanol–water partition coefficient (Wildman–Crippen LogP) is 1.77. The SMILES string of the molecule is COC(C(=O)NCCc1csc(N)n1)c1ccccc1. The Morgan fingerprint density at radius 3 is 2.80 bits per heavy atom. The monoisotopic (exact) mass is 291 g/mol. The van der Waals surface area contributed by atoms with Gasteiger partial charge in [0.25, 0.3) is 5.91 Å². The van der Waals surface area contributed by atoms with Crippen molar-refractivity contribution in [1.29, 1.82) is 0 Å². The van der Waals surface area contributed by atoms with Gasteiger partial charge in [-0.1, -0.05) is 30.3 Å². The molecule has 0 aliphatic heterocycles. The van der Waals surface area contributed by atoms with E-state index >= 15 is 0 Å². The molecule has 0 spiro atoms. The third kappa shape index (κ3) is 3.79. The van der Waals surface area contributed by atoms with Crippen molar-refractivity contribution in [3.05, 3.63) is 47.0 Å². The van der Waals surface area contributed by atoms with Gasteiger partial charge in [-0.2, -0.15) is 0 Å². The molecule has 1 amide bonds. The van der Waals surface area contributed by atoms with Gasteiger partial charge in [-0.15, -0.1) is 11.3 Å². The van der Waals surface area contributed by atoms with Crippen LogP contribution in [-0.4, -0.2) is 24.5 Å². The molecule has 0 radical (unpaired) electrons. The van der Waals surface area contributed by atoms with E-state index in [1.165, 1.54) is 18.4 Å². The minimum absolute atomic E-state index is 0.151. The number of thiazole rings is 1. The first-order chi connectivity index (χ1) is 9.70. The summed E-state index contributed by atoms with van der Waals surface area (Å²) < 4.78 is 5.26. The number of carbonyl (C=O) groups is 1. The molecule has 1 aromatic heterocycles. The molecule has 6 heteroatoms. The summed E-state index contributed by atoms with van der Waals surface area (Å²) in [6.45, 7) is 0.509. The molecule has 0 saturated carbocycles. The van der Waals surface area contributed by atoms with E-state index in [4.69, 9.17) is 10.5 Å². The van der Waals surface area contributed by atoms with Gasteiger partial charge in [-0.3, -0.25) is 4.79 Å². The average Bonchev–Trinajstić information content (AvgIpc) is 2.86. The van der Waals surface area contributed by atoms with E-state index in [1.54, 1.807) is 0 Å². The Morgan fingerprint density at radius 1 is 1.45 bits per heavy atom. The van der Waals surface area contributed by atoms with E-state index in [0.717, 1.165) is 11.3 Å². The number of hydrogen-bond acceptors (Lipinski definition) is 5. The Morgan fingerprint density at radius 2 is 2.20 bits per heavy atom. The molecule has 0 aliphatic rings. The molecule has 1 atom stereocenters. The van der Waals surface area contributed by atoms with Gasteiger partial charge in [0.15, 0.2) is 11.2 Å². The molecule has 3 N–H and O–H groups in total. The van der Waals surface area contributed by atoms with Crippen molar-refractivity contribution in [2.24, 2.45) is 0 Å². The smallest absolute Gasteiger partial charge is 0.253 e. The van der Waals surface area contributed by atoms with Crippen LogP contribution in [0.1, 0.15) is 17.4 Å². The van der Waals surface area contributed by atoms with Crippen LogP contribution in [0.4, 0.5) is 5.13 Å². The predicted molar refractivity (Wildman–Crippen MR) is 79.4 cm³/mol. The number of methoxy groups -OCH3 is 1. The Kier molecular flexibility index (Phi) is 5.09. The number of nitrogens with two attached hydrogens (primary N) is 1. The van der Waals surface area contributed by atoms with E-state index in [2.05, 4.69) is 10.3 Å². The van der Waals surface area contributed by atoms with Crippen LogP contribution in [0.5, 0.6) is 0 Å². The number of nitrogen functional groups attached to an aromatic ring is 1. The maximum Gasteiger partial charge on any atom is 0.253 e. The number of amides is 1. The Hall–Kier alpha value is -1.92. The maximum absolute atomic E-state index is 12.1. The molecule has 1 unspecified atom stereocenters. The summed E-state index contributed by atoms with van der Waals surface area (Å²) in [5, 5.41) is 5.29. The lowest BCUT2D eigenvalue weighted by Crippen LogP contribution is -2.32. The summed E-state index contributed by atoms with van der Waals surface area (Å²) in [5.74, 6) is -0.151. The van der Waals surface area contributed by atoms with Crippen molar-refractivity contribution in [2.45, 2.75) is 12.5 Å². The largest absolute Gasteiger partial charge is 0.375 e. The van der Waals surface area contributed by atoms with Crippen molar-refractivity contribution in [2.75, 3.05) is 19.4 Å². The van der Waals surface area contributed by atoms with E-state index in [9.17, 15) is 4.79 Å². The number of nitrogens with one attached hydrogen (secondary N) is 1. The third-order valence-corrected chi connectivity index (χ3v) is 3.55. The molecule has 20 heavy (non-hydrogen) atoms. The van der Waals surface area contributed by atoms with Crippen molar-refractivity contribution in [1.82, 2.24) is 10.3 Å². The van der Waals surface area contributed by atoms with E-state index < -0.39 is 6.10 Å². The molecule has 0 aliphatic carbocycles. The highest BCUT2D eigenvalue weighted by atomic mass is 32.1. The number of carbonyl (C=O) groups excluding carboxylic acids is 1. The number of anilines is 1. The fraction of sp³-hybridized carbons (Fsp3) is 0.286. The Balaban J connectivity index is 1.87. The van der Waals surface area contributed by atoms with Gasteiger partial charge in [-0.05, 0) is 5.56 Å². The molecular formula is C14H17N3O2S. The zero-order valence-corrected chi connectivity index (χ0v) is 12.0. The number of benzene rings is 1. The fourth-order valence-electron chi connectivity index (χ4n) is 1.87. The molecule has 1 aromatic carbocycles. The lowest BCUT2D eigenvalue weighted by Gasteiger charge is -2.15. The van der Waals surface area contributed by atoms with Gasteiger partial charge in [0.05, 0.1) is 5.69 Å². The molecule has 5 nitrogen and oxygen atoms in total. The van der Waals surface area contributed by atoms with Crippen molar-refractivity contribution >= 4 is 22.4 Å². The summed E-state index contributed by atoms with van der Waals surface area (Å²) in [6.07, 6.45) is 0.0710. The van der Waals surface area contributed by atoms with E-state index in [0.29, 0.717) is 18.1 Å². The van der Waals surface area contributed by atoms with Crippen LogP contribution in [0, 0.1) is 0 Å². The van der Waals surface area contributed by atoms with Crippen LogP contribution < -0.4 is 11.1 Å². The van der Waals surface area contributed by atoms with Gasteiger partial charge < -0.3 is 15.8 Å². The van der Waals surface area contributed by atoms with Gasteiger partial charge in [0.1, 0.15) is 0 Å². The molecule has 2 rings (SSSR count). The van der Waals surface area contributed by atoms with Crippen LogP contribution in [0.15, 0.2) is 35.7 Å². The zero-order chi connectivity index (χ0) is 14.4. The fourth-order valence-corrected chi connectivity index (χ4v) is 2.46. The van der Waals surface area contributed by atoms with Crippen LogP contribution in [0.2, 0.25) is 0 Å². The topological polar surface area (TPSA) is 77.2 Å². The van der Waals surface area contributed by atoms with Crippen LogP contribution in [0.25, 0.3) is 0 Å². The molecule has 2 aromatic rings. The number of nitrogens with zero attached hydrogens (tertiary/aromatic N) is 1. The maximum atomic E-state index is 12.1. The molecule has 0 saturated heterocycles. The molecule has 0 bridgehead atoms. The molecule has 1 heterocycles. The summed E-state index contributed by atoms with van der Waals surface area (Å²) in [5.41, 5.74) is 7.28. The highest BCUT2D eigenvalue weighted by Gasteiger charge is 2.19. The quantitative estimate of drug-likeness (QED) is 0.850. The molecular weight excluding hydrogens is 274 g/mol. The molecule has 106 valence electrons. The summed E-state index contributed by atoms with van der Waals surface area (Å²) in [4.78, 5) is 16.2. The Bertz CT molecular complexity index is 557. The van der Waals surface area contributed by atoms with Crippen LogP contribution in [0.3, 0.4) is 0 Å². The summed E-state index contributed by atoms with van der Waals surface area (Å²) >= 11 is 1.40. The highest BCUT2D eigenvalue weighted by molar-refractivity contribution is 7.13. The van der Waals surface area contributed by atoms with Crippen molar-refractivity contribution < 1.29 is 9.53 Å². The van der Waals surface area contributed by atoms with Crippen LogP contribution >= 0.6 is 11.3 Å². The van der Waals surface area contributed by atoms with E-state index in [-0.39, 0.29) is 5.91 Å². The van der Waals surface area contributed by atoms with Gasteiger partial charge in [-0.25, -0.2) is 4.98 Å². The first-order valence-corrected chi connectivity index (χ1v) is 7.14. The number of hydrogen-bond donors (Lipinski definition) is 2. The average molecular weight is 291 g/mol. The van der Waals surface area contributed by atoms with Gasteiger partial charge in [0.2, 0.25) is 0 Å². The van der Waals surface area contributed by atoms with E-state index in [1.807, 2.05) is 35.7 Å². The zero-order valence-electron chi connectivity index (χ0n) is 11.2. The first-order valence-electron chi connectivity index (χ1n) is 6.26. The van der Waals surface area contributed by atoms with Crippen molar-refractivity contribution in [3.8, 4) is 0 Å². The minimum atomic E-state index is -0.586. The van der Waals surface area contributed by atoms with Gasteiger partial charge >= 0.3 is 0 Å². The number of ether oxygens (including phenoxy) is 1. The van der Waals surface area contributed by atoms with Gasteiger partial charge in [0, 0.05) is 25.5 Å². The van der Waals surface area contributed by atoms with Crippen LogP contribution in [-0.2, 0) is 16.0 Å². The Labute approximate surface area is 121 Å². The number of aromatic nitrogens is 1. The normalized spacial score (nSPS) is 12.1. The third-order valence-electron chi connectivity index (χ3n) is 2.83. The second-order valence-corrected chi connectivity index (χ2v) is 5.13. The second kappa shape index (κ2) is 7.02. The highest BCUT2D eigenvalue weighted by Crippen LogP contribution is 2.16. The standard InChI is InChI=1S/C14H17N3O2S/c1-19-12(10-5-3-2-4-6-10)13(18)16-8-7-11-9-20-14(15)17-11/h2-6,9,12H,7-8H2,1H3,(H2,15,17)(H,16,18). The molecule has 0 fully saturated rings. The number of rotatable bonds is 6. The second-order valence-electron chi connectivity index (χ2n) is 4.24. The minimum Gasteiger partial charge on any atom is -0.375 e. The van der Waals surface area contributed by atoms with Crippen molar-refractivity contribution in [3.63, 3.8) is 0 Å². The summed E-state index contributed by atoms with van der Waals surface area (Å²) in [7, 11) is 1.53. The summed E-state index contributed by atoms with van der Waals surface area (Å²) in [6, 6.07) is 9.41. The lowest BCUT2D eigenvalue weighted by atomic mass is 10.1. The lowest BCUT2D eigenvalue weighted by molar-refractivity contribution is -0.131. The first kappa shape index (κ1) is 14.5.